The van der Waals surface area contributed by atoms with E-state index in [-0.39, 0.29) is 12.5 Å². The van der Waals surface area contributed by atoms with Crippen LogP contribution in [-0.2, 0) is 4.79 Å². The molecule has 0 heterocycles. The quantitative estimate of drug-likeness (QED) is 0.116. The average molecular weight is 452 g/mol. The molecule has 188 valence electrons. The second-order valence-corrected chi connectivity index (χ2v) is 9.11. The number of hydrogen-bond donors (Lipinski definition) is 3. The first-order valence-corrected chi connectivity index (χ1v) is 13.6. The SMILES string of the molecule is CCCCCC/C=C\CCCC(=O)NC(CO)C(O)/C=C/CCCCCCCCCCC. The molecular formula is C28H53NO3. The molecule has 0 bridgehead atoms. The van der Waals surface area contributed by atoms with Crippen LogP contribution in [0.5, 0.6) is 0 Å². The molecule has 0 radical (unpaired) electrons. The van der Waals surface area contributed by atoms with Gasteiger partial charge in [-0.3, -0.25) is 4.79 Å². The smallest absolute Gasteiger partial charge is 0.220 e. The van der Waals surface area contributed by atoms with E-state index in [9.17, 15) is 15.0 Å². The molecule has 4 heteroatoms. The Bertz CT molecular complexity index is 462. The molecule has 0 fully saturated rings. The summed E-state index contributed by atoms with van der Waals surface area (Å²) in [5.74, 6) is -0.105. The first-order valence-electron chi connectivity index (χ1n) is 13.6. The Balaban J connectivity index is 3.79. The molecule has 0 aliphatic rings. The van der Waals surface area contributed by atoms with Gasteiger partial charge in [0, 0.05) is 6.42 Å². The van der Waals surface area contributed by atoms with Crippen molar-refractivity contribution in [1.82, 2.24) is 5.32 Å². The lowest BCUT2D eigenvalue weighted by Crippen LogP contribution is -2.45. The van der Waals surface area contributed by atoms with Gasteiger partial charge in [-0.2, -0.15) is 0 Å². The van der Waals surface area contributed by atoms with Gasteiger partial charge in [-0.05, 0) is 38.5 Å². The van der Waals surface area contributed by atoms with Crippen LogP contribution in [0.1, 0.15) is 129 Å². The van der Waals surface area contributed by atoms with Crippen molar-refractivity contribution in [2.24, 2.45) is 0 Å². The monoisotopic (exact) mass is 451 g/mol. The van der Waals surface area contributed by atoms with Gasteiger partial charge in [0.25, 0.3) is 0 Å². The molecule has 0 aromatic heterocycles. The fourth-order valence-corrected chi connectivity index (χ4v) is 3.77. The zero-order chi connectivity index (χ0) is 23.7. The largest absolute Gasteiger partial charge is 0.394 e. The molecule has 0 rings (SSSR count). The molecule has 0 saturated heterocycles. The number of nitrogens with one attached hydrogen (secondary N) is 1. The van der Waals surface area contributed by atoms with Crippen LogP contribution in [-0.4, -0.2) is 34.9 Å². The maximum Gasteiger partial charge on any atom is 0.220 e. The van der Waals surface area contributed by atoms with E-state index in [1.165, 1.54) is 77.0 Å². The Hall–Kier alpha value is -1.13. The Labute approximate surface area is 199 Å². The van der Waals surface area contributed by atoms with Crippen LogP contribution in [0.4, 0.5) is 0 Å². The van der Waals surface area contributed by atoms with Crippen LogP contribution in [0.3, 0.4) is 0 Å². The zero-order valence-electron chi connectivity index (χ0n) is 21.2. The standard InChI is InChI=1S/C28H53NO3/c1-3-5-7-9-11-13-14-16-17-19-21-23-27(31)26(25-30)29-28(32)24-22-20-18-15-12-10-8-6-4-2/h15,18,21,23,26-27,30-31H,3-14,16-17,19-20,22,24-25H2,1-2H3,(H,29,32)/b18-15-,23-21+. The molecule has 1 amide bonds. The molecule has 0 aliphatic carbocycles. The molecular weight excluding hydrogens is 398 g/mol. The number of carbonyl (C=O) groups excluding carboxylic acids is 1. The highest BCUT2D eigenvalue weighted by Crippen LogP contribution is 2.11. The van der Waals surface area contributed by atoms with Crippen LogP contribution in [0, 0.1) is 0 Å². The molecule has 0 saturated carbocycles. The number of unbranched alkanes of at least 4 members (excludes halogenated alkanes) is 14. The Morgan fingerprint density at radius 3 is 1.75 bits per heavy atom. The molecule has 0 aromatic carbocycles. The third-order valence-electron chi connectivity index (χ3n) is 5.93. The zero-order valence-corrected chi connectivity index (χ0v) is 21.2. The van der Waals surface area contributed by atoms with Crippen LogP contribution >= 0.6 is 0 Å². The fourth-order valence-electron chi connectivity index (χ4n) is 3.77. The third-order valence-corrected chi connectivity index (χ3v) is 5.93. The Morgan fingerprint density at radius 2 is 1.19 bits per heavy atom. The summed E-state index contributed by atoms with van der Waals surface area (Å²) in [6.45, 7) is 4.21. The van der Waals surface area contributed by atoms with Crippen molar-refractivity contribution in [2.45, 2.75) is 142 Å². The van der Waals surface area contributed by atoms with Crippen LogP contribution in [0.2, 0.25) is 0 Å². The van der Waals surface area contributed by atoms with Crippen molar-refractivity contribution in [3.8, 4) is 0 Å². The lowest BCUT2D eigenvalue weighted by Gasteiger charge is -2.19. The van der Waals surface area contributed by atoms with Crippen molar-refractivity contribution in [1.29, 1.82) is 0 Å². The minimum atomic E-state index is -0.842. The van der Waals surface area contributed by atoms with E-state index in [0.717, 1.165) is 32.1 Å². The van der Waals surface area contributed by atoms with Gasteiger partial charge in [0.15, 0.2) is 0 Å². The third kappa shape index (κ3) is 20.8. The first kappa shape index (κ1) is 30.9. The molecule has 0 aliphatic heterocycles. The summed E-state index contributed by atoms with van der Waals surface area (Å²) in [7, 11) is 0. The molecule has 2 unspecified atom stereocenters. The minimum absolute atomic E-state index is 0.105. The fraction of sp³-hybridized carbons (Fsp3) is 0.821. The second-order valence-electron chi connectivity index (χ2n) is 9.11. The number of aliphatic hydroxyl groups excluding tert-OH is 2. The summed E-state index contributed by atoms with van der Waals surface area (Å²) in [6, 6.07) is -0.629. The lowest BCUT2D eigenvalue weighted by molar-refractivity contribution is -0.122. The summed E-state index contributed by atoms with van der Waals surface area (Å²) in [5.41, 5.74) is 0. The predicted molar refractivity (Wildman–Crippen MR) is 138 cm³/mol. The van der Waals surface area contributed by atoms with Gasteiger partial charge in [0.05, 0.1) is 18.8 Å². The number of rotatable bonds is 23. The molecule has 0 spiro atoms. The van der Waals surface area contributed by atoms with E-state index < -0.39 is 12.1 Å². The van der Waals surface area contributed by atoms with Crippen LogP contribution < -0.4 is 5.32 Å². The highest BCUT2D eigenvalue weighted by atomic mass is 16.3. The Kier molecular flexibility index (Phi) is 23.6. The summed E-state index contributed by atoms with van der Waals surface area (Å²) in [6.07, 6.45) is 28.2. The summed E-state index contributed by atoms with van der Waals surface area (Å²) in [4.78, 5) is 12.1. The summed E-state index contributed by atoms with van der Waals surface area (Å²) in [5, 5.41) is 22.6. The highest BCUT2D eigenvalue weighted by molar-refractivity contribution is 5.76. The van der Waals surface area contributed by atoms with E-state index in [0.29, 0.717) is 6.42 Å². The van der Waals surface area contributed by atoms with Gasteiger partial charge < -0.3 is 15.5 Å². The van der Waals surface area contributed by atoms with E-state index in [4.69, 9.17) is 0 Å². The van der Waals surface area contributed by atoms with Crippen molar-refractivity contribution < 1.29 is 15.0 Å². The van der Waals surface area contributed by atoms with E-state index >= 15 is 0 Å². The van der Waals surface area contributed by atoms with E-state index in [1.54, 1.807) is 6.08 Å². The van der Waals surface area contributed by atoms with Gasteiger partial charge in [-0.1, -0.05) is 109 Å². The van der Waals surface area contributed by atoms with E-state index in [2.05, 4.69) is 31.3 Å². The predicted octanol–water partition coefficient (Wildman–Crippen LogP) is 7.00. The lowest BCUT2D eigenvalue weighted by atomic mass is 10.1. The van der Waals surface area contributed by atoms with Crippen molar-refractivity contribution in [2.75, 3.05) is 6.61 Å². The number of hydrogen-bond acceptors (Lipinski definition) is 3. The maximum atomic E-state index is 12.1. The molecule has 4 nitrogen and oxygen atoms in total. The highest BCUT2D eigenvalue weighted by Gasteiger charge is 2.17. The minimum Gasteiger partial charge on any atom is -0.394 e. The number of carbonyl (C=O) groups is 1. The number of allylic oxidation sites excluding steroid dienone is 3. The maximum absolute atomic E-state index is 12.1. The Morgan fingerprint density at radius 1 is 0.719 bits per heavy atom. The van der Waals surface area contributed by atoms with Crippen LogP contribution in [0.15, 0.2) is 24.3 Å². The van der Waals surface area contributed by atoms with Gasteiger partial charge in [0.2, 0.25) is 5.91 Å². The van der Waals surface area contributed by atoms with E-state index in [1.807, 2.05) is 6.08 Å². The molecule has 3 N–H and O–H groups in total. The number of aliphatic hydroxyl groups is 2. The van der Waals surface area contributed by atoms with Crippen molar-refractivity contribution in [3.63, 3.8) is 0 Å². The summed E-state index contributed by atoms with van der Waals surface area (Å²) >= 11 is 0. The van der Waals surface area contributed by atoms with Gasteiger partial charge in [-0.25, -0.2) is 0 Å². The van der Waals surface area contributed by atoms with Gasteiger partial charge >= 0.3 is 0 Å². The van der Waals surface area contributed by atoms with Gasteiger partial charge in [-0.15, -0.1) is 0 Å². The normalized spacial score (nSPS) is 13.8. The summed E-state index contributed by atoms with van der Waals surface area (Å²) < 4.78 is 0. The van der Waals surface area contributed by atoms with Crippen LogP contribution in [0.25, 0.3) is 0 Å². The number of amides is 1. The second kappa shape index (κ2) is 24.5. The molecule has 32 heavy (non-hydrogen) atoms. The molecule has 2 atom stereocenters. The van der Waals surface area contributed by atoms with Crippen molar-refractivity contribution in [3.05, 3.63) is 24.3 Å². The van der Waals surface area contributed by atoms with Crippen molar-refractivity contribution >= 4 is 5.91 Å². The average Bonchev–Trinajstić information content (AvgIpc) is 2.79. The molecule has 0 aromatic rings. The first-order chi connectivity index (χ1) is 15.7. The topological polar surface area (TPSA) is 69.6 Å². The van der Waals surface area contributed by atoms with Gasteiger partial charge in [0.1, 0.15) is 0 Å².